The van der Waals surface area contributed by atoms with Crippen LogP contribution in [0.2, 0.25) is 0 Å². The summed E-state index contributed by atoms with van der Waals surface area (Å²) >= 11 is 0. The molecule has 0 unspecified atom stereocenters. The third-order valence-corrected chi connectivity index (χ3v) is 2.44. The number of para-hydroxylation sites is 1. The molecule has 4 nitrogen and oxygen atoms in total. The zero-order valence-corrected chi connectivity index (χ0v) is 8.37. The predicted molar refractivity (Wildman–Crippen MR) is 54.7 cm³/mol. The highest BCUT2D eigenvalue weighted by molar-refractivity contribution is 6.03. The van der Waals surface area contributed by atoms with Crippen molar-refractivity contribution in [3.8, 4) is 0 Å². The normalized spacial score (nSPS) is 14.1. The summed E-state index contributed by atoms with van der Waals surface area (Å²) in [5.41, 5.74) is 2.00. The first kappa shape index (κ1) is 9.71. The highest BCUT2D eigenvalue weighted by Gasteiger charge is 2.20. The molecular weight excluding hydrogens is 194 g/mol. The Bertz CT molecular complexity index is 426. The number of hydrogen-bond acceptors (Lipinski definition) is 3. The number of esters is 1. The highest BCUT2D eigenvalue weighted by Crippen LogP contribution is 2.26. The maximum Gasteiger partial charge on any atom is 0.339 e. The van der Waals surface area contributed by atoms with Gasteiger partial charge < -0.3 is 10.1 Å². The van der Waals surface area contributed by atoms with Gasteiger partial charge in [0.1, 0.15) is 0 Å². The minimum absolute atomic E-state index is 0.0566. The smallest absolute Gasteiger partial charge is 0.339 e. The number of amides is 1. The molecule has 1 N–H and O–H groups in total. The van der Waals surface area contributed by atoms with Gasteiger partial charge in [-0.05, 0) is 18.1 Å². The number of rotatable bonds is 1. The molecule has 1 aromatic rings. The van der Waals surface area contributed by atoms with Crippen molar-refractivity contribution >= 4 is 17.6 Å². The van der Waals surface area contributed by atoms with E-state index in [9.17, 15) is 9.59 Å². The molecule has 15 heavy (non-hydrogen) atoms. The van der Waals surface area contributed by atoms with Gasteiger partial charge in [0.15, 0.2) is 0 Å². The maximum absolute atomic E-state index is 11.4. The van der Waals surface area contributed by atoms with E-state index in [4.69, 9.17) is 0 Å². The second kappa shape index (κ2) is 3.73. The molecule has 0 bridgehead atoms. The van der Waals surface area contributed by atoms with Gasteiger partial charge in [-0.25, -0.2) is 4.79 Å². The molecule has 1 aliphatic heterocycles. The third-order valence-electron chi connectivity index (χ3n) is 2.44. The lowest BCUT2D eigenvalue weighted by molar-refractivity contribution is -0.116. The van der Waals surface area contributed by atoms with Crippen LogP contribution in [0, 0.1) is 0 Å². The molecule has 0 fully saturated rings. The average Bonchev–Trinajstić information content (AvgIpc) is 2.27. The first-order chi connectivity index (χ1) is 7.22. The van der Waals surface area contributed by atoms with Crippen molar-refractivity contribution in [3.63, 3.8) is 0 Å². The van der Waals surface area contributed by atoms with Crippen LogP contribution < -0.4 is 5.32 Å². The largest absolute Gasteiger partial charge is 0.465 e. The van der Waals surface area contributed by atoms with Gasteiger partial charge in [-0.15, -0.1) is 0 Å². The van der Waals surface area contributed by atoms with E-state index in [1.807, 2.05) is 6.07 Å². The molecule has 0 radical (unpaired) electrons. The van der Waals surface area contributed by atoms with Crippen LogP contribution in [-0.4, -0.2) is 19.0 Å². The summed E-state index contributed by atoms with van der Waals surface area (Å²) in [4.78, 5) is 22.6. The molecule has 0 aliphatic carbocycles. The summed E-state index contributed by atoms with van der Waals surface area (Å²) in [5, 5.41) is 2.70. The Balaban J connectivity index is 2.48. The summed E-state index contributed by atoms with van der Waals surface area (Å²) in [5.74, 6) is -0.479. The fourth-order valence-corrected chi connectivity index (χ4v) is 1.69. The molecule has 1 heterocycles. The van der Waals surface area contributed by atoms with Crippen molar-refractivity contribution in [2.75, 3.05) is 12.4 Å². The van der Waals surface area contributed by atoms with Crippen molar-refractivity contribution in [3.05, 3.63) is 29.3 Å². The monoisotopic (exact) mass is 205 g/mol. The number of benzene rings is 1. The SMILES string of the molecule is COC(=O)c1cccc2c1NC(=O)CC2. The highest BCUT2D eigenvalue weighted by atomic mass is 16.5. The van der Waals surface area contributed by atoms with E-state index >= 15 is 0 Å². The third kappa shape index (κ3) is 1.70. The topological polar surface area (TPSA) is 55.4 Å². The molecule has 0 aromatic heterocycles. The van der Waals surface area contributed by atoms with Gasteiger partial charge in [-0.1, -0.05) is 12.1 Å². The van der Waals surface area contributed by atoms with Gasteiger partial charge in [0.2, 0.25) is 5.91 Å². The van der Waals surface area contributed by atoms with E-state index in [-0.39, 0.29) is 5.91 Å². The van der Waals surface area contributed by atoms with Crippen LogP contribution in [0.15, 0.2) is 18.2 Å². The lowest BCUT2D eigenvalue weighted by Gasteiger charge is -2.18. The van der Waals surface area contributed by atoms with E-state index in [2.05, 4.69) is 10.1 Å². The number of hydrogen-bond donors (Lipinski definition) is 1. The quantitative estimate of drug-likeness (QED) is 0.704. The van der Waals surface area contributed by atoms with Crippen LogP contribution in [-0.2, 0) is 16.0 Å². The van der Waals surface area contributed by atoms with Crippen LogP contribution >= 0.6 is 0 Å². The summed E-state index contributed by atoms with van der Waals surface area (Å²) < 4.78 is 4.65. The fourth-order valence-electron chi connectivity index (χ4n) is 1.69. The van der Waals surface area contributed by atoms with Gasteiger partial charge >= 0.3 is 5.97 Å². The summed E-state index contributed by atoms with van der Waals surface area (Å²) in [6.07, 6.45) is 1.14. The molecule has 0 saturated carbocycles. The molecule has 78 valence electrons. The van der Waals surface area contributed by atoms with Gasteiger partial charge in [0.05, 0.1) is 18.4 Å². The van der Waals surface area contributed by atoms with Crippen LogP contribution in [0.1, 0.15) is 22.3 Å². The Labute approximate surface area is 87.2 Å². The lowest BCUT2D eigenvalue weighted by atomic mass is 9.99. The second-order valence-corrected chi connectivity index (χ2v) is 3.38. The zero-order chi connectivity index (χ0) is 10.8. The summed E-state index contributed by atoms with van der Waals surface area (Å²) in [6, 6.07) is 5.35. The van der Waals surface area contributed by atoms with Gasteiger partial charge in [0.25, 0.3) is 0 Å². The van der Waals surface area contributed by atoms with Crippen molar-refractivity contribution < 1.29 is 14.3 Å². The van der Waals surface area contributed by atoms with Crippen LogP contribution in [0.25, 0.3) is 0 Å². The molecular formula is C11H11NO3. The van der Waals surface area contributed by atoms with E-state index in [0.717, 1.165) is 5.56 Å². The summed E-state index contributed by atoms with van der Waals surface area (Å²) in [6.45, 7) is 0. The Kier molecular flexibility index (Phi) is 2.41. The predicted octanol–water partition coefficient (Wildman–Crippen LogP) is 1.36. The molecule has 1 aliphatic rings. The molecule has 0 saturated heterocycles. The molecule has 0 atom stereocenters. The van der Waals surface area contributed by atoms with Gasteiger partial charge in [-0.2, -0.15) is 0 Å². The van der Waals surface area contributed by atoms with E-state index in [1.165, 1.54) is 7.11 Å². The Morgan fingerprint density at radius 1 is 1.40 bits per heavy atom. The first-order valence-corrected chi connectivity index (χ1v) is 4.72. The van der Waals surface area contributed by atoms with Gasteiger partial charge in [0, 0.05) is 6.42 Å². The minimum Gasteiger partial charge on any atom is -0.465 e. The van der Waals surface area contributed by atoms with Crippen molar-refractivity contribution in [2.24, 2.45) is 0 Å². The molecule has 2 rings (SSSR count). The number of nitrogens with one attached hydrogen (secondary N) is 1. The number of aryl methyl sites for hydroxylation is 1. The molecule has 1 aromatic carbocycles. The number of carbonyl (C=O) groups is 2. The average molecular weight is 205 g/mol. The number of ether oxygens (including phenoxy) is 1. The van der Waals surface area contributed by atoms with Crippen molar-refractivity contribution in [1.82, 2.24) is 0 Å². The molecule has 4 heteroatoms. The molecule has 1 amide bonds. The Morgan fingerprint density at radius 2 is 2.20 bits per heavy atom. The van der Waals surface area contributed by atoms with Gasteiger partial charge in [-0.3, -0.25) is 4.79 Å². The number of methoxy groups -OCH3 is 1. The van der Waals surface area contributed by atoms with E-state index in [1.54, 1.807) is 12.1 Å². The fraction of sp³-hybridized carbons (Fsp3) is 0.273. The molecule has 0 spiro atoms. The second-order valence-electron chi connectivity index (χ2n) is 3.38. The first-order valence-electron chi connectivity index (χ1n) is 4.72. The van der Waals surface area contributed by atoms with Crippen LogP contribution in [0.5, 0.6) is 0 Å². The number of carbonyl (C=O) groups excluding carboxylic acids is 2. The lowest BCUT2D eigenvalue weighted by Crippen LogP contribution is -2.21. The van der Waals surface area contributed by atoms with Crippen molar-refractivity contribution in [1.29, 1.82) is 0 Å². The maximum atomic E-state index is 11.4. The Hall–Kier alpha value is -1.84. The number of anilines is 1. The van der Waals surface area contributed by atoms with E-state index < -0.39 is 5.97 Å². The van der Waals surface area contributed by atoms with Crippen molar-refractivity contribution in [2.45, 2.75) is 12.8 Å². The standard InChI is InChI=1S/C11H11NO3/c1-15-11(14)8-4-2-3-7-5-6-9(13)12-10(7)8/h2-4H,5-6H2,1H3,(H,12,13). The Morgan fingerprint density at radius 3 is 2.93 bits per heavy atom. The van der Waals surface area contributed by atoms with Crippen LogP contribution in [0.4, 0.5) is 5.69 Å². The minimum atomic E-state index is -0.422. The summed E-state index contributed by atoms with van der Waals surface area (Å²) in [7, 11) is 1.33. The van der Waals surface area contributed by atoms with Crippen LogP contribution in [0.3, 0.4) is 0 Å². The zero-order valence-electron chi connectivity index (χ0n) is 8.37. The van der Waals surface area contributed by atoms with E-state index in [0.29, 0.717) is 24.1 Å². The number of fused-ring (bicyclic) bond motifs is 1.